The Morgan fingerprint density at radius 1 is 1.21 bits per heavy atom. The molecule has 1 aromatic heterocycles. The van der Waals surface area contributed by atoms with Gasteiger partial charge in [-0.05, 0) is 45.1 Å². The molecule has 0 bridgehead atoms. The monoisotopic (exact) mass is 475 g/mol. The van der Waals surface area contributed by atoms with Crippen molar-refractivity contribution in [2.75, 3.05) is 12.3 Å². The standard InChI is InChI=1S/C24H37N5O5/c1-15(2)17(21(31)26-12-11-20-28-22(25)34-29-20)14-19(30)18(13-16-9-7-6-8-10-16)27-23(32)33-24(3,4)5/h6-10,15,17-19,30H,11-14H2,1-5H3,(H,26,31)(H,27,32)(H2,25,28,29)/t17-,18+,19+/m1/s1. The molecule has 5 N–H and O–H groups in total. The normalized spacial score (nSPS) is 14.3. The molecule has 2 amide bonds. The van der Waals surface area contributed by atoms with Gasteiger partial charge in [-0.15, -0.1) is 0 Å². The van der Waals surface area contributed by atoms with Crippen LogP contribution >= 0.6 is 0 Å². The average Bonchev–Trinajstić information content (AvgIpc) is 3.15. The van der Waals surface area contributed by atoms with Crippen LogP contribution in [0.5, 0.6) is 0 Å². The maximum Gasteiger partial charge on any atom is 0.407 e. The van der Waals surface area contributed by atoms with Crippen molar-refractivity contribution in [3.05, 3.63) is 41.7 Å². The molecule has 2 rings (SSSR count). The number of anilines is 1. The summed E-state index contributed by atoms with van der Waals surface area (Å²) in [5.41, 5.74) is 5.69. The summed E-state index contributed by atoms with van der Waals surface area (Å²) in [5.74, 6) is -0.289. The highest BCUT2D eigenvalue weighted by Gasteiger charge is 2.31. The molecular weight excluding hydrogens is 438 g/mol. The summed E-state index contributed by atoms with van der Waals surface area (Å²) in [5, 5.41) is 20.5. The number of nitrogens with one attached hydrogen (secondary N) is 2. The molecule has 0 aliphatic carbocycles. The lowest BCUT2D eigenvalue weighted by Gasteiger charge is -2.30. The van der Waals surface area contributed by atoms with Crippen LogP contribution in [0.4, 0.5) is 10.8 Å². The molecule has 1 aromatic carbocycles. The molecule has 34 heavy (non-hydrogen) atoms. The number of alkyl carbamates (subject to hydrolysis) is 1. The molecule has 0 fully saturated rings. The fraction of sp³-hybridized carbons (Fsp3) is 0.583. The molecule has 10 nitrogen and oxygen atoms in total. The second-order valence-electron chi connectivity index (χ2n) is 9.69. The molecule has 0 saturated heterocycles. The second-order valence-corrected chi connectivity index (χ2v) is 9.69. The third-order valence-electron chi connectivity index (χ3n) is 5.23. The number of amides is 2. The van der Waals surface area contributed by atoms with Crippen LogP contribution < -0.4 is 16.4 Å². The Morgan fingerprint density at radius 2 is 1.88 bits per heavy atom. The number of ether oxygens (including phenoxy) is 1. The Bertz CT molecular complexity index is 910. The average molecular weight is 476 g/mol. The molecule has 0 spiro atoms. The molecule has 1 heterocycles. The smallest absolute Gasteiger partial charge is 0.407 e. The maximum absolute atomic E-state index is 12.9. The van der Waals surface area contributed by atoms with Crippen LogP contribution in [-0.4, -0.2) is 51.5 Å². The Labute approximate surface area is 200 Å². The number of nitrogens with zero attached hydrogens (tertiary/aromatic N) is 2. The van der Waals surface area contributed by atoms with E-state index in [1.165, 1.54) is 0 Å². The fourth-order valence-corrected chi connectivity index (χ4v) is 3.51. The Balaban J connectivity index is 2.04. The van der Waals surface area contributed by atoms with Crippen LogP contribution in [0.1, 0.15) is 52.4 Å². The SMILES string of the molecule is CC(C)[C@@H](C[C@H](O)[C@H](Cc1ccccc1)NC(=O)OC(C)(C)C)C(=O)NCCc1noc(N)n1. The molecule has 188 valence electrons. The maximum atomic E-state index is 12.9. The number of hydrogen-bond acceptors (Lipinski definition) is 8. The van der Waals surface area contributed by atoms with Crippen molar-refractivity contribution in [3.63, 3.8) is 0 Å². The van der Waals surface area contributed by atoms with E-state index in [1.54, 1.807) is 20.8 Å². The van der Waals surface area contributed by atoms with Crippen molar-refractivity contribution in [2.24, 2.45) is 11.8 Å². The zero-order valence-corrected chi connectivity index (χ0v) is 20.6. The minimum atomic E-state index is -0.970. The molecule has 0 radical (unpaired) electrons. The van der Waals surface area contributed by atoms with Gasteiger partial charge in [-0.3, -0.25) is 4.79 Å². The van der Waals surface area contributed by atoms with Crippen molar-refractivity contribution in [1.82, 2.24) is 20.8 Å². The van der Waals surface area contributed by atoms with Crippen LogP contribution in [0.15, 0.2) is 34.9 Å². The van der Waals surface area contributed by atoms with Gasteiger partial charge in [0.2, 0.25) is 5.91 Å². The number of aliphatic hydroxyl groups is 1. The summed E-state index contributed by atoms with van der Waals surface area (Å²) in [4.78, 5) is 29.2. The minimum Gasteiger partial charge on any atom is -0.444 e. The van der Waals surface area contributed by atoms with Gasteiger partial charge in [0.1, 0.15) is 5.60 Å². The molecule has 2 aromatic rings. The predicted octanol–water partition coefficient (Wildman–Crippen LogP) is 2.47. The van der Waals surface area contributed by atoms with Gasteiger partial charge in [-0.25, -0.2) is 4.79 Å². The van der Waals surface area contributed by atoms with Crippen molar-refractivity contribution < 1.29 is 24.0 Å². The second kappa shape index (κ2) is 12.4. The van der Waals surface area contributed by atoms with Gasteiger partial charge in [-0.1, -0.05) is 49.3 Å². The van der Waals surface area contributed by atoms with Crippen LogP contribution in [-0.2, 0) is 22.4 Å². The highest BCUT2D eigenvalue weighted by molar-refractivity contribution is 5.79. The van der Waals surface area contributed by atoms with E-state index >= 15 is 0 Å². The quantitative estimate of drug-likeness (QED) is 0.387. The van der Waals surface area contributed by atoms with Crippen molar-refractivity contribution in [1.29, 1.82) is 0 Å². The number of carbonyl (C=O) groups excluding carboxylic acids is 2. The highest BCUT2D eigenvalue weighted by atomic mass is 16.6. The summed E-state index contributed by atoms with van der Waals surface area (Å²) < 4.78 is 10.1. The van der Waals surface area contributed by atoms with Crippen molar-refractivity contribution in [3.8, 4) is 0 Å². The third-order valence-corrected chi connectivity index (χ3v) is 5.23. The largest absolute Gasteiger partial charge is 0.444 e. The van der Waals surface area contributed by atoms with Gasteiger partial charge in [0.15, 0.2) is 5.82 Å². The Morgan fingerprint density at radius 3 is 2.44 bits per heavy atom. The van der Waals surface area contributed by atoms with E-state index in [0.717, 1.165) is 5.56 Å². The van der Waals surface area contributed by atoms with Gasteiger partial charge in [0, 0.05) is 18.9 Å². The van der Waals surface area contributed by atoms with E-state index in [2.05, 4.69) is 20.8 Å². The predicted molar refractivity (Wildman–Crippen MR) is 128 cm³/mol. The van der Waals surface area contributed by atoms with E-state index in [1.807, 2.05) is 44.2 Å². The molecule has 10 heteroatoms. The first-order valence-corrected chi connectivity index (χ1v) is 11.5. The van der Waals surface area contributed by atoms with Gasteiger partial charge in [0.25, 0.3) is 0 Å². The molecule has 0 saturated carbocycles. The van der Waals surface area contributed by atoms with E-state index in [0.29, 0.717) is 25.2 Å². The summed E-state index contributed by atoms with van der Waals surface area (Å²) in [6.45, 7) is 9.47. The van der Waals surface area contributed by atoms with Crippen LogP contribution in [0.3, 0.4) is 0 Å². The topological polar surface area (TPSA) is 153 Å². The van der Waals surface area contributed by atoms with Gasteiger partial charge >= 0.3 is 12.1 Å². The fourth-order valence-electron chi connectivity index (χ4n) is 3.51. The zero-order chi connectivity index (χ0) is 25.3. The number of aliphatic hydroxyl groups excluding tert-OH is 1. The summed E-state index contributed by atoms with van der Waals surface area (Å²) in [7, 11) is 0. The first-order valence-electron chi connectivity index (χ1n) is 11.5. The van der Waals surface area contributed by atoms with Crippen LogP contribution in [0.2, 0.25) is 0 Å². The van der Waals surface area contributed by atoms with Crippen LogP contribution in [0.25, 0.3) is 0 Å². The first-order chi connectivity index (χ1) is 15.9. The van der Waals surface area contributed by atoms with E-state index in [-0.39, 0.29) is 24.3 Å². The highest BCUT2D eigenvalue weighted by Crippen LogP contribution is 2.21. The van der Waals surface area contributed by atoms with E-state index in [4.69, 9.17) is 15.0 Å². The number of benzene rings is 1. The lowest BCUT2D eigenvalue weighted by Crippen LogP contribution is -2.48. The lowest BCUT2D eigenvalue weighted by atomic mass is 9.86. The summed E-state index contributed by atoms with van der Waals surface area (Å²) in [6, 6.07) is 8.89. The van der Waals surface area contributed by atoms with Crippen molar-refractivity contribution >= 4 is 18.0 Å². The third kappa shape index (κ3) is 9.38. The van der Waals surface area contributed by atoms with Crippen LogP contribution in [0, 0.1) is 11.8 Å². The lowest BCUT2D eigenvalue weighted by molar-refractivity contribution is -0.127. The first kappa shape index (κ1) is 27.1. The molecule has 3 atom stereocenters. The number of hydrogen-bond donors (Lipinski definition) is 4. The summed E-state index contributed by atoms with van der Waals surface area (Å²) >= 11 is 0. The number of nitrogen functional groups attached to an aromatic ring is 1. The van der Waals surface area contributed by atoms with Gasteiger partial charge in [0.05, 0.1) is 12.1 Å². The van der Waals surface area contributed by atoms with E-state index in [9.17, 15) is 14.7 Å². The van der Waals surface area contributed by atoms with E-state index < -0.39 is 29.8 Å². The van der Waals surface area contributed by atoms with Gasteiger partial charge < -0.3 is 30.7 Å². The molecular formula is C24H37N5O5. The number of aromatic nitrogens is 2. The summed E-state index contributed by atoms with van der Waals surface area (Å²) in [6.07, 6.45) is -0.643. The Kier molecular flexibility index (Phi) is 9.85. The molecule has 0 aliphatic heterocycles. The number of carbonyl (C=O) groups is 2. The van der Waals surface area contributed by atoms with Gasteiger partial charge in [-0.2, -0.15) is 4.98 Å². The zero-order valence-electron chi connectivity index (χ0n) is 20.6. The molecule has 0 unspecified atom stereocenters. The van der Waals surface area contributed by atoms with Crippen molar-refractivity contribution in [2.45, 2.75) is 71.6 Å². The number of rotatable bonds is 11. The molecule has 0 aliphatic rings. The Hall–Kier alpha value is -3.14. The number of nitrogens with two attached hydrogens (primary N) is 1. The minimum absolute atomic E-state index is 0.0218.